The van der Waals surface area contributed by atoms with Crippen LogP contribution in [0.2, 0.25) is 0 Å². The van der Waals surface area contributed by atoms with Gasteiger partial charge in [0.1, 0.15) is 0 Å². The summed E-state index contributed by atoms with van der Waals surface area (Å²) in [5.41, 5.74) is 7.10. The Morgan fingerprint density at radius 1 is 1.56 bits per heavy atom. The molecule has 0 spiro atoms. The second kappa shape index (κ2) is 4.26. The van der Waals surface area contributed by atoms with Crippen LogP contribution in [0.1, 0.15) is 48.7 Å². The van der Waals surface area contributed by atoms with Crippen LogP contribution in [-0.2, 0) is 0 Å². The molecule has 1 aromatic heterocycles. The number of ketones is 1. The molecule has 3 nitrogen and oxygen atoms in total. The Kier molecular flexibility index (Phi) is 2.85. The molecule has 4 heteroatoms. The molecule has 1 heterocycles. The van der Waals surface area contributed by atoms with E-state index in [1.807, 2.05) is 13.0 Å². The molecule has 0 radical (unpaired) electrons. The summed E-state index contributed by atoms with van der Waals surface area (Å²) < 4.78 is 0. The molecule has 18 heavy (non-hydrogen) atoms. The van der Waals surface area contributed by atoms with Crippen molar-refractivity contribution in [1.29, 1.82) is 0 Å². The lowest BCUT2D eigenvalue weighted by Gasteiger charge is -2.14. The van der Waals surface area contributed by atoms with E-state index in [-0.39, 0.29) is 5.78 Å². The van der Waals surface area contributed by atoms with Crippen molar-refractivity contribution in [2.75, 3.05) is 17.6 Å². The number of carbonyl (C=O) groups excluding carboxylic acids is 1. The molecule has 1 aromatic rings. The highest BCUT2D eigenvalue weighted by molar-refractivity contribution is 7.18. The molecule has 0 saturated heterocycles. The van der Waals surface area contributed by atoms with Gasteiger partial charge in [-0.15, -0.1) is 11.3 Å². The highest BCUT2D eigenvalue weighted by atomic mass is 32.1. The van der Waals surface area contributed by atoms with E-state index in [1.54, 1.807) is 0 Å². The summed E-state index contributed by atoms with van der Waals surface area (Å²) in [5, 5.41) is 4.55. The molecule has 3 rings (SSSR count). The normalized spacial score (nSPS) is 20.7. The number of carbonyl (C=O) groups is 1. The first-order valence-corrected chi connectivity index (χ1v) is 7.62. The van der Waals surface area contributed by atoms with Crippen molar-refractivity contribution in [1.82, 2.24) is 0 Å². The molecule has 0 bridgehead atoms. The SMILES string of the molecule is CCC(=O)c1sc(NCC2(C3CC3)CC2)cc1N. The van der Waals surface area contributed by atoms with E-state index in [0.29, 0.717) is 17.5 Å². The second-order valence-electron chi connectivity index (χ2n) is 5.66. The maximum absolute atomic E-state index is 11.7. The van der Waals surface area contributed by atoms with Gasteiger partial charge in [-0.05, 0) is 43.1 Å². The first-order valence-electron chi connectivity index (χ1n) is 6.81. The van der Waals surface area contributed by atoms with E-state index < -0.39 is 0 Å². The van der Waals surface area contributed by atoms with Crippen LogP contribution in [0.4, 0.5) is 10.7 Å². The zero-order chi connectivity index (χ0) is 12.8. The summed E-state index contributed by atoms with van der Waals surface area (Å²) in [5.74, 6) is 1.10. The summed E-state index contributed by atoms with van der Waals surface area (Å²) in [4.78, 5) is 12.4. The zero-order valence-corrected chi connectivity index (χ0v) is 11.6. The second-order valence-corrected chi connectivity index (χ2v) is 6.71. The van der Waals surface area contributed by atoms with E-state index in [2.05, 4.69) is 5.32 Å². The molecule has 98 valence electrons. The molecule has 2 aliphatic carbocycles. The van der Waals surface area contributed by atoms with E-state index in [9.17, 15) is 4.79 Å². The predicted octanol–water partition coefficient (Wildman–Crippen LogP) is 3.53. The number of thiophene rings is 1. The van der Waals surface area contributed by atoms with Gasteiger partial charge in [0.15, 0.2) is 5.78 Å². The molecule has 2 fully saturated rings. The molecule has 0 atom stereocenters. The molecule has 0 unspecified atom stereocenters. The van der Waals surface area contributed by atoms with Crippen LogP contribution in [0.25, 0.3) is 0 Å². The molecule has 3 N–H and O–H groups in total. The summed E-state index contributed by atoms with van der Waals surface area (Å²) >= 11 is 1.51. The minimum absolute atomic E-state index is 0.147. The maximum Gasteiger partial charge on any atom is 0.174 e. The summed E-state index contributed by atoms with van der Waals surface area (Å²) in [6.07, 6.45) is 6.08. The smallest absolute Gasteiger partial charge is 0.174 e. The summed E-state index contributed by atoms with van der Waals surface area (Å²) in [6.45, 7) is 2.93. The number of hydrogen-bond acceptors (Lipinski definition) is 4. The highest BCUT2D eigenvalue weighted by Crippen LogP contribution is 2.61. The van der Waals surface area contributed by atoms with Crippen molar-refractivity contribution in [2.24, 2.45) is 11.3 Å². The van der Waals surface area contributed by atoms with Crippen molar-refractivity contribution in [3.05, 3.63) is 10.9 Å². The topological polar surface area (TPSA) is 55.1 Å². The standard InChI is InChI=1S/C14H20N2OS/c1-2-11(17)13-10(15)7-12(18-13)16-8-14(5-6-14)9-3-4-9/h7,9,16H,2-6,8,15H2,1H3. The van der Waals surface area contributed by atoms with Crippen LogP contribution in [0.3, 0.4) is 0 Å². The fourth-order valence-electron chi connectivity index (χ4n) is 2.72. The lowest BCUT2D eigenvalue weighted by Crippen LogP contribution is -2.16. The van der Waals surface area contributed by atoms with Crippen molar-refractivity contribution in [3.8, 4) is 0 Å². The van der Waals surface area contributed by atoms with Gasteiger partial charge < -0.3 is 11.1 Å². The molecule has 0 amide bonds. The van der Waals surface area contributed by atoms with Crippen molar-refractivity contribution < 1.29 is 4.79 Å². The van der Waals surface area contributed by atoms with Gasteiger partial charge in [0, 0.05) is 13.0 Å². The lowest BCUT2D eigenvalue weighted by molar-refractivity contribution is 0.0993. The molecular formula is C14H20N2OS. The fourth-order valence-corrected chi connectivity index (χ4v) is 3.70. The maximum atomic E-state index is 11.7. The predicted molar refractivity (Wildman–Crippen MR) is 76.2 cm³/mol. The first-order chi connectivity index (χ1) is 8.64. The van der Waals surface area contributed by atoms with Gasteiger partial charge in [-0.3, -0.25) is 4.79 Å². The van der Waals surface area contributed by atoms with Gasteiger partial charge >= 0.3 is 0 Å². The third kappa shape index (κ3) is 2.14. The Labute approximate surface area is 112 Å². The van der Waals surface area contributed by atoms with Crippen molar-refractivity contribution in [2.45, 2.75) is 39.0 Å². The van der Waals surface area contributed by atoms with Gasteiger partial charge in [0.25, 0.3) is 0 Å². The summed E-state index contributed by atoms with van der Waals surface area (Å²) in [7, 11) is 0. The number of rotatable bonds is 6. The molecule has 0 aromatic carbocycles. The van der Waals surface area contributed by atoms with E-state index in [1.165, 1.54) is 37.0 Å². The minimum Gasteiger partial charge on any atom is -0.397 e. The summed E-state index contributed by atoms with van der Waals surface area (Å²) in [6, 6.07) is 1.91. The lowest BCUT2D eigenvalue weighted by atomic mass is 10.0. The van der Waals surface area contributed by atoms with Gasteiger partial charge in [-0.25, -0.2) is 0 Å². The third-order valence-electron chi connectivity index (χ3n) is 4.29. The van der Waals surface area contributed by atoms with Crippen LogP contribution in [0, 0.1) is 11.3 Å². The highest BCUT2D eigenvalue weighted by Gasteiger charge is 2.53. The number of Topliss-reactive ketones (excluding diaryl/α,β-unsaturated/α-hetero) is 1. The Bertz CT molecular complexity index is 472. The fraction of sp³-hybridized carbons (Fsp3) is 0.643. The largest absolute Gasteiger partial charge is 0.397 e. The van der Waals surface area contributed by atoms with E-state index in [0.717, 1.165) is 22.3 Å². The van der Waals surface area contributed by atoms with Gasteiger partial charge in [0.05, 0.1) is 15.6 Å². The molecule has 2 aliphatic rings. The Hall–Kier alpha value is -1.03. The molecule has 2 saturated carbocycles. The van der Waals surface area contributed by atoms with Crippen LogP contribution < -0.4 is 11.1 Å². The third-order valence-corrected chi connectivity index (χ3v) is 5.44. The van der Waals surface area contributed by atoms with Gasteiger partial charge in [-0.1, -0.05) is 6.92 Å². The number of nitrogens with two attached hydrogens (primary N) is 1. The Morgan fingerprint density at radius 3 is 2.83 bits per heavy atom. The van der Waals surface area contributed by atoms with Crippen molar-refractivity contribution in [3.63, 3.8) is 0 Å². The Morgan fingerprint density at radius 2 is 2.28 bits per heavy atom. The van der Waals surface area contributed by atoms with Crippen molar-refractivity contribution >= 4 is 27.8 Å². The number of nitrogen functional groups attached to an aromatic ring is 1. The minimum atomic E-state index is 0.147. The van der Waals surface area contributed by atoms with Crippen LogP contribution in [-0.4, -0.2) is 12.3 Å². The monoisotopic (exact) mass is 264 g/mol. The first kappa shape index (κ1) is 12.0. The Balaban J connectivity index is 1.64. The zero-order valence-electron chi connectivity index (χ0n) is 10.8. The quantitative estimate of drug-likeness (QED) is 0.773. The van der Waals surface area contributed by atoms with Crippen LogP contribution >= 0.6 is 11.3 Å². The average Bonchev–Trinajstić information content (AvgIpc) is 3.24. The van der Waals surface area contributed by atoms with Gasteiger partial charge in [-0.2, -0.15) is 0 Å². The number of anilines is 2. The van der Waals surface area contributed by atoms with E-state index in [4.69, 9.17) is 5.73 Å². The number of nitrogens with one attached hydrogen (secondary N) is 1. The molecule has 0 aliphatic heterocycles. The molecular weight excluding hydrogens is 244 g/mol. The number of hydrogen-bond donors (Lipinski definition) is 2. The average molecular weight is 264 g/mol. The van der Waals surface area contributed by atoms with Crippen LogP contribution in [0.15, 0.2) is 6.07 Å². The van der Waals surface area contributed by atoms with E-state index >= 15 is 0 Å². The van der Waals surface area contributed by atoms with Crippen LogP contribution in [0.5, 0.6) is 0 Å². The van der Waals surface area contributed by atoms with Gasteiger partial charge in [0.2, 0.25) is 0 Å².